The van der Waals surface area contributed by atoms with Crippen LogP contribution >= 0.6 is 0 Å². The van der Waals surface area contributed by atoms with Gasteiger partial charge < -0.3 is 15.0 Å². The Morgan fingerprint density at radius 2 is 2.00 bits per heavy atom. The largest absolute Gasteiger partial charge is 0.489 e. The summed E-state index contributed by atoms with van der Waals surface area (Å²) in [7, 11) is 0. The number of rotatable bonds is 7. The lowest BCUT2D eigenvalue weighted by atomic mass is 9.97. The van der Waals surface area contributed by atoms with Gasteiger partial charge >= 0.3 is 6.18 Å². The van der Waals surface area contributed by atoms with E-state index in [0.29, 0.717) is 43.4 Å². The first-order valence-corrected chi connectivity index (χ1v) is 13.0. The number of amidine groups is 1. The summed E-state index contributed by atoms with van der Waals surface area (Å²) in [6.07, 6.45) is 0.929. The summed E-state index contributed by atoms with van der Waals surface area (Å²) < 4.78 is 44.2. The molecule has 2 heterocycles. The molecule has 0 atom stereocenters. The van der Waals surface area contributed by atoms with Gasteiger partial charge in [-0.15, -0.1) is 0 Å². The van der Waals surface area contributed by atoms with Crippen LogP contribution < -0.4 is 5.32 Å². The quantitative estimate of drug-likeness (QED) is 0.192. The first-order valence-electron chi connectivity index (χ1n) is 13.0. The van der Waals surface area contributed by atoms with Crippen LogP contribution in [0.25, 0.3) is 0 Å². The van der Waals surface area contributed by atoms with Gasteiger partial charge in [0.2, 0.25) is 0 Å². The fourth-order valence-electron chi connectivity index (χ4n) is 4.48. The molecule has 0 aromatic heterocycles. The van der Waals surface area contributed by atoms with Crippen LogP contribution in [0.3, 0.4) is 0 Å². The molecule has 40 heavy (non-hydrogen) atoms. The summed E-state index contributed by atoms with van der Waals surface area (Å²) in [4.78, 5) is 23.8. The SMILES string of the molecule is C/C=C(\N=C(C(C)C)N(O)CC1=CN=CCO1)C(=O)N1CCc2c(cccc2Nc2ccc(C(F)(F)F)cc2)C1. The predicted molar refractivity (Wildman–Crippen MR) is 147 cm³/mol. The fraction of sp³-hybridized carbons (Fsp3) is 0.345. The van der Waals surface area contributed by atoms with Gasteiger partial charge in [0.25, 0.3) is 5.91 Å². The van der Waals surface area contributed by atoms with E-state index in [1.165, 1.54) is 18.3 Å². The minimum absolute atomic E-state index is 0.0470. The number of halogens is 3. The summed E-state index contributed by atoms with van der Waals surface area (Å²) in [5.41, 5.74) is 2.78. The zero-order valence-electron chi connectivity index (χ0n) is 22.6. The molecule has 212 valence electrons. The molecule has 2 aliphatic rings. The Kier molecular flexibility index (Phi) is 8.93. The van der Waals surface area contributed by atoms with Gasteiger partial charge in [0, 0.05) is 36.6 Å². The van der Waals surface area contributed by atoms with Gasteiger partial charge in [-0.3, -0.25) is 15.0 Å². The van der Waals surface area contributed by atoms with Crippen molar-refractivity contribution >= 4 is 29.3 Å². The molecule has 1 amide bonds. The monoisotopic (exact) mass is 555 g/mol. The molecule has 0 fully saturated rings. The molecule has 0 aliphatic carbocycles. The molecule has 2 aliphatic heterocycles. The number of anilines is 2. The van der Waals surface area contributed by atoms with Gasteiger partial charge in [0.05, 0.1) is 11.8 Å². The van der Waals surface area contributed by atoms with E-state index in [1.807, 2.05) is 32.0 Å². The highest BCUT2D eigenvalue weighted by molar-refractivity contribution is 5.97. The van der Waals surface area contributed by atoms with E-state index in [0.717, 1.165) is 34.0 Å². The number of hydrogen-bond donors (Lipinski definition) is 2. The standard InChI is InChI=1S/C29H32F3N5O3/c1-4-25(35-27(19(2)3)37(39)18-23-16-33-13-15-40-23)28(38)36-14-12-24-20(17-36)6-5-7-26(24)34-22-10-8-21(9-11-22)29(30,31)32/h4-11,13,16,19,34,39H,12,14-15,17-18H2,1-3H3/b25-4-,35-27?. The molecule has 0 saturated heterocycles. The third kappa shape index (κ3) is 6.90. The Morgan fingerprint density at radius 1 is 1.25 bits per heavy atom. The number of benzene rings is 2. The summed E-state index contributed by atoms with van der Waals surface area (Å²) in [6.45, 7) is 6.62. The summed E-state index contributed by atoms with van der Waals surface area (Å²) in [5.74, 6) is 0.362. The molecule has 2 aromatic carbocycles. The molecule has 0 spiro atoms. The maximum absolute atomic E-state index is 13.5. The first kappa shape index (κ1) is 28.9. The van der Waals surface area contributed by atoms with Crippen LogP contribution in [-0.2, 0) is 28.7 Å². The average Bonchev–Trinajstić information content (AvgIpc) is 2.93. The number of hydroxylamine groups is 2. The number of carbonyl (C=O) groups excluding carboxylic acids is 1. The van der Waals surface area contributed by atoms with Gasteiger partial charge in [-0.1, -0.05) is 32.1 Å². The van der Waals surface area contributed by atoms with E-state index in [2.05, 4.69) is 15.3 Å². The molecule has 2 N–H and O–H groups in total. The lowest BCUT2D eigenvalue weighted by molar-refractivity contribution is -0.137. The molecule has 2 aromatic rings. The Hall–Kier alpha value is -4.12. The van der Waals surface area contributed by atoms with E-state index >= 15 is 0 Å². The van der Waals surface area contributed by atoms with E-state index < -0.39 is 11.7 Å². The number of amides is 1. The summed E-state index contributed by atoms with van der Waals surface area (Å²) in [5, 5.41) is 14.9. The number of nitrogens with one attached hydrogen (secondary N) is 1. The van der Waals surface area contributed by atoms with E-state index in [9.17, 15) is 23.2 Å². The zero-order valence-corrected chi connectivity index (χ0v) is 22.6. The van der Waals surface area contributed by atoms with Crippen molar-refractivity contribution in [2.24, 2.45) is 15.9 Å². The van der Waals surface area contributed by atoms with Crippen LogP contribution in [0, 0.1) is 5.92 Å². The molecule has 8 nitrogen and oxygen atoms in total. The van der Waals surface area contributed by atoms with Crippen LogP contribution in [0.2, 0.25) is 0 Å². The van der Waals surface area contributed by atoms with Crippen LogP contribution in [0.15, 0.2) is 76.2 Å². The molecular weight excluding hydrogens is 523 g/mol. The van der Waals surface area contributed by atoms with E-state index in [-0.39, 0.29) is 24.1 Å². The van der Waals surface area contributed by atoms with Crippen LogP contribution in [0.4, 0.5) is 24.5 Å². The van der Waals surface area contributed by atoms with Crippen molar-refractivity contribution in [2.45, 2.75) is 39.9 Å². The van der Waals surface area contributed by atoms with Crippen molar-refractivity contribution in [3.05, 3.63) is 82.9 Å². The van der Waals surface area contributed by atoms with Crippen LogP contribution in [-0.4, -0.2) is 52.8 Å². The normalized spacial score (nSPS) is 15.9. The smallest absolute Gasteiger partial charge is 0.416 e. The number of fused-ring (bicyclic) bond motifs is 1. The summed E-state index contributed by atoms with van der Waals surface area (Å²) >= 11 is 0. The molecule has 0 bridgehead atoms. The molecule has 0 saturated carbocycles. The van der Waals surface area contributed by atoms with Crippen molar-refractivity contribution in [1.82, 2.24) is 9.96 Å². The van der Waals surface area contributed by atoms with Crippen molar-refractivity contribution < 1.29 is 27.9 Å². The highest BCUT2D eigenvalue weighted by Gasteiger charge is 2.30. The molecule has 0 unspecified atom stereocenters. The van der Waals surface area contributed by atoms with E-state index in [4.69, 9.17) is 4.74 Å². The lowest BCUT2D eigenvalue weighted by Gasteiger charge is -2.31. The Balaban J connectivity index is 1.48. The third-order valence-electron chi connectivity index (χ3n) is 6.53. The van der Waals surface area contributed by atoms with Gasteiger partial charge in [0.15, 0.2) is 0 Å². The van der Waals surface area contributed by atoms with Gasteiger partial charge in [-0.2, -0.15) is 13.2 Å². The van der Waals surface area contributed by atoms with Crippen molar-refractivity contribution in [2.75, 3.05) is 25.0 Å². The van der Waals surface area contributed by atoms with Crippen molar-refractivity contribution in [3.63, 3.8) is 0 Å². The summed E-state index contributed by atoms with van der Waals surface area (Å²) in [6, 6.07) is 10.5. The molecule has 0 radical (unpaired) electrons. The molecular formula is C29H32F3N5O3. The Morgan fingerprint density at radius 3 is 2.62 bits per heavy atom. The van der Waals surface area contributed by atoms with Gasteiger partial charge in [-0.05, 0) is 54.8 Å². The topological polar surface area (TPSA) is 89.8 Å². The Labute approximate surface area is 231 Å². The Bertz CT molecular complexity index is 1350. The highest BCUT2D eigenvalue weighted by atomic mass is 19.4. The number of ether oxygens (including phenoxy) is 1. The first-order chi connectivity index (χ1) is 19.1. The van der Waals surface area contributed by atoms with Crippen LogP contribution in [0.1, 0.15) is 37.5 Å². The molecule has 4 rings (SSSR count). The molecule has 11 heteroatoms. The number of alkyl halides is 3. The highest BCUT2D eigenvalue weighted by Crippen LogP contribution is 2.32. The van der Waals surface area contributed by atoms with Crippen molar-refractivity contribution in [3.8, 4) is 0 Å². The number of hydrogen-bond acceptors (Lipinski definition) is 6. The number of carbonyl (C=O) groups is 1. The zero-order chi connectivity index (χ0) is 28.9. The van der Waals surface area contributed by atoms with Gasteiger partial charge in [0.1, 0.15) is 30.4 Å². The third-order valence-corrected chi connectivity index (χ3v) is 6.53. The number of aliphatic imine (C=N–C) groups is 2. The second kappa shape index (κ2) is 12.4. The predicted octanol–water partition coefficient (Wildman–Crippen LogP) is 5.93. The van der Waals surface area contributed by atoms with Crippen molar-refractivity contribution in [1.29, 1.82) is 0 Å². The second-order valence-electron chi connectivity index (χ2n) is 9.71. The van der Waals surface area contributed by atoms with Gasteiger partial charge in [-0.25, -0.2) is 10.1 Å². The minimum Gasteiger partial charge on any atom is -0.489 e. The maximum atomic E-state index is 13.5. The average molecular weight is 556 g/mol. The van der Waals surface area contributed by atoms with E-state index in [1.54, 1.807) is 24.1 Å². The fourth-order valence-corrected chi connectivity index (χ4v) is 4.48. The second-order valence-corrected chi connectivity index (χ2v) is 9.71. The number of nitrogens with zero attached hydrogens (tertiary/aromatic N) is 4. The van der Waals surface area contributed by atoms with Crippen LogP contribution in [0.5, 0.6) is 0 Å². The maximum Gasteiger partial charge on any atom is 0.416 e. The number of allylic oxidation sites excluding steroid dienone is 1. The lowest BCUT2D eigenvalue weighted by Crippen LogP contribution is -2.38. The minimum atomic E-state index is -4.39.